The molecule has 5 nitrogen and oxygen atoms in total. The number of oxazole rings is 1. The van der Waals surface area contributed by atoms with Gasteiger partial charge in [0.05, 0.1) is 25.0 Å². The van der Waals surface area contributed by atoms with E-state index in [-0.39, 0.29) is 12.5 Å². The van der Waals surface area contributed by atoms with Crippen molar-refractivity contribution < 1.29 is 18.7 Å². The van der Waals surface area contributed by atoms with Crippen molar-refractivity contribution in [3.8, 4) is 17.1 Å². The molecular weight excluding hydrogens is 246 g/mol. The fraction of sp³-hybridized carbons (Fsp3) is 0.286. The van der Waals surface area contributed by atoms with Gasteiger partial charge in [0.1, 0.15) is 5.75 Å². The van der Waals surface area contributed by atoms with Gasteiger partial charge in [0.15, 0.2) is 5.76 Å². The van der Waals surface area contributed by atoms with Crippen molar-refractivity contribution in [2.45, 2.75) is 13.8 Å². The second-order valence-corrected chi connectivity index (χ2v) is 3.68. The van der Waals surface area contributed by atoms with Crippen molar-refractivity contribution in [1.29, 1.82) is 0 Å². The smallest absolute Gasteiger partial charge is 0.394 e. The minimum atomic E-state index is -0.567. The minimum absolute atomic E-state index is 0.0526. The van der Waals surface area contributed by atoms with Crippen molar-refractivity contribution >= 4 is 5.97 Å². The molecule has 0 saturated heterocycles. The van der Waals surface area contributed by atoms with Gasteiger partial charge in [-0.15, -0.1) is 0 Å². The summed E-state index contributed by atoms with van der Waals surface area (Å²) in [6, 6.07) is 7.42. The summed E-state index contributed by atoms with van der Waals surface area (Å²) in [6.45, 7) is 4.47. The molecular formula is C14H15NO4. The van der Waals surface area contributed by atoms with Gasteiger partial charge in [-0.2, -0.15) is 0 Å². The highest BCUT2D eigenvalue weighted by atomic mass is 16.5. The van der Waals surface area contributed by atoms with Crippen molar-refractivity contribution in [3.05, 3.63) is 36.4 Å². The van der Waals surface area contributed by atoms with Crippen molar-refractivity contribution in [1.82, 2.24) is 4.98 Å². The third-order valence-corrected chi connectivity index (χ3v) is 2.41. The molecule has 0 unspecified atom stereocenters. The number of rotatable bonds is 5. The standard InChI is InChI=1S/C14H15NO4/c1-3-17-11-8-6-5-7-10(11)12-9-15-13(19-12)14(16)18-4-2/h5-9H,3-4H2,1-2H3. The fourth-order valence-corrected chi connectivity index (χ4v) is 1.64. The van der Waals surface area contributed by atoms with Crippen molar-refractivity contribution in [2.75, 3.05) is 13.2 Å². The molecule has 5 heteroatoms. The molecule has 0 spiro atoms. The molecule has 0 aliphatic carbocycles. The first-order chi connectivity index (χ1) is 9.26. The highest BCUT2D eigenvalue weighted by molar-refractivity contribution is 5.84. The third kappa shape index (κ3) is 2.93. The molecule has 2 aromatic rings. The molecule has 0 fully saturated rings. The average Bonchev–Trinajstić information content (AvgIpc) is 2.90. The van der Waals surface area contributed by atoms with Crippen LogP contribution >= 0.6 is 0 Å². The predicted molar refractivity (Wildman–Crippen MR) is 69.1 cm³/mol. The van der Waals surface area contributed by atoms with Crippen LogP contribution in [0.4, 0.5) is 0 Å². The summed E-state index contributed by atoms with van der Waals surface area (Å²) in [6.07, 6.45) is 1.49. The number of benzene rings is 1. The summed E-state index contributed by atoms with van der Waals surface area (Å²) in [5.41, 5.74) is 0.757. The Balaban J connectivity index is 2.30. The lowest BCUT2D eigenvalue weighted by atomic mass is 10.1. The van der Waals surface area contributed by atoms with E-state index in [0.29, 0.717) is 18.1 Å². The summed E-state index contributed by atoms with van der Waals surface area (Å²) < 4.78 is 15.7. The van der Waals surface area contributed by atoms with Gasteiger partial charge < -0.3 is 13.9 Å². The Kier molecular flexibility index (Phi) is 4.18. The Bertz CT molecular complexity index is 562. The molecule has 0 aliphatic rings. The summed E-state index contributed by atoms with van der Waals surface area (Å²) >= 11 is 0. The van der Waals surface area contributed by atoms with Gasteiger partial charge in [-0.3, -0.25) is 0 Å². The van der Waals surface area contributed by atoms with Crippen LogP contribution in [-0.4, -0.2) is 24.2 Å². The molecule has 0 amide bonds. The van der Waals surface area contributed by atoms with Crippen LogP contribution in [0.5, 0.6) is 5.75 Å². The molecule has 1 heterocycles. The van der Waals surface area contributed by atoms with Crippen LogP contribution in [0.1, 0.15) is 24.5 Å². The SMILES string of the molecule is CCOC(=O)c1ncc(-c2ccccc2OCC)o1. The maximum absolute atomic E-state index is 11.5. The zero-order chi connectivity index (χ0) is 13.7. The van der Waals surface area contributed by atoms with Crippen LogP contribution in [0.3, 0.4) is 0 Å². The maximum atomic E-state index is 11.5. The van der Waals surface area contributed by atoms with E-state index >= 15 is 0 Å². The number of ether oxygens (including phenoxy) is 2. The largest absolute Gasteiger partial charge is 0.493 e. The number of carbonyl (C=O) groups excluding carboxylic acids is 1. The summed E-state index contributed by atoms with van der Waals surface area (Å²) in [4.78, 5) is 15.4. The number of nitrogens with zero attached hydrogens (tertiary/aromatic N) is 1. The Morgan fingerprint density at radius 2 is 2.05 bits per heavy atom. The van der Waals surface area contributed by atoms with E-state index in [1.165, 1.54) is 6.20 Å². The lowest BCUT2D eigenvalue weighted by Gasteiger charge is -2.06. The van der Waals surface area contributed by atoms with Crippen molar-refractivity contribution in [2.24, 2.45) is 0 Å². The Labute approximate surface area is 111 Å². The lowest BCUT2D eigenvalue weighted by Crippen LogP contribution is -2.04. The fourth-order valence-electron chi connectivity index (χ4n) is 1.64. The lowest BCUT2D eigenvalue weighted by molar-refractivity contribution is 0.0482. The molecule has 1 aromatic carbocycles. The normalized spacial score (nSPS) is 10.2. The van der Waals surface area contributed by atoms with Crippen LogP contribution < -0.4 is 4.74 Å². The van der Waals surface area contributed by atoms with Crippen molar-refractivity contribution in [3.63, 3.8) is 0 Å². The quantitative estimate of drug-likeness (QED) is 0.774. The molecule has 0 saturated carbocycles. The second kappa shape index (κ2) is 6.04. The van der Waals surface area contributed by atoms with E-state index in [1.54, 1.807) is 6.92 Å². The number of para-hydroxylation sites is 1. The van der Waals surface area contributed by atoms with Gasteiger partial charge in [0.2, 0.25) is 0 Å². The molecule has 19 heavy (non-hydrogen) atoms. The van der Waals surface area contributed by atoms with Crippen LogP contribution in [0.2, 0.25) is 0 Å². The van der Waals surface area contributed by atoms with Crippen LogP contribution in [-0.2, 0) is 4.74 Å². The number of hydrogen-bond acceptors (Lipinski definition) is 5. The van der Waals surface area contributed by atoms with E-state index in [1.807, 2.05) is 31.2 Å². The Morgan fingerprint density at radius 3 is 2.79 bits per heavy atom. The molecule has 0 aliphatic heterocycles. The Morgan fingerprint density at radius 1 is 1.26 bits per heavy atom. The highest BCUT2D eigenvalue weighted by Gasteiger charge is 2.17. The summed E-state index contributed by atoms with van der Waals surface area (Å²) in [5, 5.41) is 0. The number of carbonyl (C=O) groups is 1. The average molecular weight is 261 g/mol. The molecule has 0 N–H and O–H groups in total. The van der Waals surface area contributed by atoms with E-state index in [0.717, 1.165) is 5.56 Å². The number of aromatic nitrogens is 1. The van der Waals surface area contributed by atoms with Gasteiger partial charge >= 0.3 is 11.9 Å². The summed E-state index contributed by atoms with van der Waals surface area (Å²) in [7, 11) is 0. The van der Waals surface area contributed by atoms with Gasteiger partial charge in [-0.05, 0) is 26.0 Å². The molecule has 0 radical (unpaired) electrons. The van der Waals surface area contributed by atoms with Gasteiger partial charge in [0, 0.05) is 0 Å². The van der Waals surface area contributed by atoms with E-state index in [9.17, 15) is 4.79 Å². The zero-order valence-electron chi connectivity index (χ0n) is 10.9. The van der Waals surface area contributed by atoms with Gasteiger partial charge in [-0.1, -0.05) is 12.1 Å². The monoisotopic (exact) mass is 261 g/mol. The summed E-state index contributed by atoms with van der Waals surface area (Å²) in [5.74, 6) is 0.550. The second-order valence-electron chi connectivity index (χ2n) is 3.68. The van der Waals surface area contributed by atoms with Crippen LogP contribution in [0.15, 0.2) is 34.9 Å². The predicted octanol–water partition coefficient (Wildman–Crippen LogP) is 2.92. The third-order valence-electron chi connectivity index (χ3n) is 2.41. The molecule has 2 rings (SSSR count). The molecule has 0 bridgehead atoms. The number of esters is 1. The van der Waals surface area contributed by atoms with Crippen LogP contribution in [0.25, 0.3) is 11.3 Å². The maximum Gasteiger partial charge on any atom is 0.394 e. The first kappa shape index (κ1) is 13.1. The molecule has 0 atom stereocenters. The van der Waals surface area contributed by atoms with Gasteiger partial charge in [-0.25, -0.2) is 9.78 Å². The first-order valence-corrected chi connectivity index (χ1v) is 6.11. The number of hydrogen-bond donors (Lipinski definition) is 0. The Hall–Kier alpha value is -2.30. The topological polar surface area (TPSA) is 61.6 Å². The van der Waals surface area contributed by atoms with Gasteiger partial charge in [0.25, 0.3) is 0 Å². The minimum Gasteiger partial charge on any atom is -0.493 e. The van der Waals surface area contributed by atoms with E-state index in [2.05, 4.69) is 4.98 Å². The van der Waals surface area contributed by atoms with E-state index < -0.39 is 5.97 Å². The highest BCUT2D eigenvalue weighted by Crippen LogP contribution is 2.30. The molecule has 100 valence electrons. The zero-order valence-corrected chi connectivity index (χ0v) is 10.9. The van der Waals surface area contributed by atoms with Crippen LogP contribution in [0, 0.1) is 0 Å². The molecule has 1 aromatic heterocycles. The first-order valence-electron chi connectivity index (χ1n) is 6.11. The van der Waals surface area contributed by atoms with E-state index in [4.69, 9.17) is 13.9 Å².